The van der Waals surface area contributed by atoms with Crippen LogP contribution in [0.1, 0.15) is 5.56 Å². The van der Waals surface area contributed by atoms with Crippen molar-refractivity contribution in [3.63, 3.8) is 0 Å². The standard InChI is InChI=1S/C24H32N4O3/c1-31-23-8-2-20(3-9-23)18-25-12-16-28(17-13-25)24(30)19-26-10-14-27(15-11-26)21-4-6-22(29)7-5-21/h2-9,29H,10-19H2,1H3. The summed E-state index contributed by atoms with van der Waals surface area (Å²) < 4.78 is 5.22. The zero-order valence-corrected chi connectivity index (χ0v) is 18.2. The van der Waals surface area contributed by atoms with E-state index in [0.717, 1.165) is 70.3 Å². The van der Waals surface area contributed by atoms with E-state index < -0.39 is 0 Å². The number of hydrogen-bond donors (Lipinski definition) is 1. The lowest BCUT2D eigenvalue weighted by molar-refractivity contribution is -0.134. The molecule has 2 heterocycles. The maximum atomic E-state index is 12.8. The zero-order valence-electron chi connectivity index (χ0n) is 18.2. The first-order chi connectivity index (χ1) is 15.1. The second kappa shape index (κ2) is 10.0. The number of aromatic hydroxyl groups is 1. The Balaban J connectivity index is 1.18. The largest absolute Gasteiger partial charge is 0.508 e. The molecule has 2 aromatic rings. The number of carbonyl (C=O) groups excluding carboxylic acids is 1. The third kappa shape index (κ3) is 5.68. The molecule has 0 bridgehead atoms. The molecule has 2 aliphatic heterocycles. The van der Waals surface area contributed by atoms with Crippen molar-refractivity contribution in [1.29, 1.82) is 0 Å². The van der Waals surface area contributed by atoms with Gasteiger partial charge in [0.25, 0.3) is 0 Å². The number of piperazine rings is 2. The number of nitrogens with zero attached hydrogens (tertiary/aromatic N) is 4. The van der Waals surface area contributed by atoms with Crippen LogP contribution >= 0.6 is 0 Å². The minimum Gasteiger partial charge on any atom is -0.508 e. The lowest BCUT2D eigenvalue weighted by Crippen LogP contribution is -2.53. The van der Waals surface area contributed by atoms with E-state index in [9.17, 15) is 9.90 Å². The maximum Gasteiger partial charge on any atom is 0.236 e. The highest BCUT2D eigenvalue weighted by Crippen LogP contribution is 2.20. The number of carbonyl (C=O) groups is 1. The molecule has 4 rings (SSSR count). The molecule has 31 heavy (non-hydrogen) atoms. The average molecular weight is 425 g/mol. The van der Waals surface area contributed by atoms with Crippen LogP contribution in [0.3, 0.4) is 0 Å². The number of amides is 1. The monoisotopic (exact) mass is 424 g/mol. The van der Waals surface area contributed by atoms with Crippen LogP contribution in [0.2, 0.25) is 0 Å². The first kappa shape index (κ1) is 21.5. The molecule has 2 saturated heterocycles. The number of rotatable bonds is 6. The van der Waals surface area contributed by atoms with Crippen molar-refractivity contribution in [2.45, 2.75) is 6.54 Å². The predicted molar refractivity (Wildman–Crippen MR) is 122 cm³/mol. The van der Waals surface area contributed by atoms with Crippen LogP contribution in [0.25, 0.3) is 0 Å². The molecule has 0 aliphatic carbocycles. The summed E-state index contributed by atoms with van der Waals surface area (Å²) in [6.45, 7) is 8.37. The van der Waals surface area contributed by atoms with E-state index in [1.807, 2.05) is 29.2 Å². The molecular weight excluding hydrogens is 392 g/mol. The Hall–Kier alpha value is -2.77. The Labute approximate surface area is 184 Å². The fraction of sp³-hybridized carbons (Fsp3) is 0.458. The molecule has 1 amide bonds. The number of hydrogen-bond acceptors (Lipinski definition) is 6. The van der Waals surface area contributed by atoms with Crippen LogP contribution in [-0.2, 0) is 11.3 Å². The van der Waals surface area contributed by atoms with Gasteiger partial charge in [0.1, 0.15) is 11.5 Å². The number of methoxy groups -OCH3 is 1. The molecule has 1 N–H and O–H groups in total. The highest BCUT2D eigenvalue weighted by molar-refractivity contribution is 5.78. The molecule has 0 unspecified atom stereocenters. The Morgan fingerprint density at radius 1 is 0.839 bits per heavy atom. The third-order valence-corrected chi connectivity index (χ3v) is 6.24. The fourth-order valence-corrected chi connectivity index (χ4v) is 4.26. The molecule has 7 nitrogen and oxygen atoms in total. The fourth-order valence-electron chi connectivity index (χ4n) is 4.26. The van der Waals surface area contributed by atoms with Crippen molar-refractivity contribution in [2.75, 3.05) is 70.9 Å². The van der Waals surface area contributed by atoms with Crippen molar-refractivity contribution in [1.82, 2.24) is 14.7 Å². The van der Waals surface area contributed by atoms with Crippen LogP contribution in [0.15, 0.2) is 48.5 Å². The van der Waals surface area contributed by atoms with Crippen molar-refractivity contribution in [3.8, 4) is 11.5 Å². The van der Waals surface area contributed by atoms with E-state index in [4.69, 9.17) is 4.74 Å². The summed E-state index contributed by atoms with van der Waals surface area (Å²) in [5.74, 6) is 1.40. The van der Waals surface area contributed by atoms with Crippen molar-refractivity contribution in [2.24, 2.45) is 0 Å². The van der Waals surface area contributed by atoms with E-state index in [1.54, 1.807) is 19.2 Å². The number of benzene rings is 2. The van der Waals surface area contributed by atoms with Crippen LogP contribution in [-0.4, -0.2) is 91.7 Å². The molecule has 0 spiro atoms. The Morgan fingerprint density at radius 2 is 1.45 bits per heavy atom. The molecule has 0 saturated carbocycles. The first-order valence-electron chi connectivity index (χ1n) is 11.0. The number of ether oxygens (including phenoxy) is 1. The van der Waals surface area contributed by atoms with Gasteiger partial charge in [-0.1, -0.05) is 12.1 Å². The lowest BCUT2D eigenvalue weighted by atomic mass is 10.2. The SMILES string of the molecule is COc1ccc(CN2CCN(C(=O)CN3CCN(c4ccc(O)cc4)CC3)CC2)cc1. The summed E-state index contributed by atoms with van der Waals surface area (Å²) in [5, 5.41) is 9.45. The topological polar surface area (TPSA) is 59.5 Å². The molecule has 0 atom stereocenters. The molecular formula is C24H32N4O3. The van der Waals surface area contributed by atoms with Gasteiger partial charge >= 0.3 is 0 Å². The van der Waals surface area contributed by atoms with Gasteiger partial charge in [-0.25, -0.2) is 0 Å². The van der Waals surface area contributed by atoms with E-state index in [0.29, 0.717) is 6.54 Å². The van der Waals surface area contributed by atoms with Gasteiger partial charge in [-0.15, -0.1) is 0 Å². The van der Waals surface area contributed by atoms with Gasteiger partial charge in [0.2, 0.25) is 5.91 Å². The van der Waals surface area contributed by atoms with Gasteiger partial charge in [-0.3, -0.25) is 14.6 Å². The lowest BCUT2D eigenvalue weighted by Gasteiger charge is -2.38. The summed E-state index contributed by atoms with van der Waals surface area (Å²) in [6, 6.07) is 15.5. The number of phenolic OH excluding ortho intramolecular Hbond substituents is 1. The van der Waals surface area contributed by atoms with Gasteiger partial charge in [-0.2, -0.15) is 0 Å². The number of anilines is 1. The number of phenols is 1. The second-order valence-electron chi connectivity index (χ2n) is 8.28. The van der Waals surface area contributed by atoms with E-state index in [1.165, 1.54) is 5.56 Å². The summed E-state index contributed by atoms with van der Waals surface area (Å²) in [4.78, 5) is 21.8. The van der Waals surface area contributed by atoms with E-state index in [2.05, 4.69) is 26.8 Å². The normalized spacial score (nSPS) is 18.2. The summed E-state index contributed by atoms with van der Waals surface area (Å²) in [5.41, 5.74) is 2.39. The Bertz CT molecular complexity index is 840. The zero-order chi connectivity index (χ0) is 21.6. The van der Waals surface area contributed by atoms with Gasteiger partial charge < -0.3 is 19.6 Å². The molecule has 2 fully saturated rings. The van der Waals surface area contributed by atoms with Crippen LogP contribution < -0.4 is 9.64 Å². The molecule has 166 valence electrons. The molecule has 0 radical (unpaired) electrons. The van der Waals surface area contributed by atoms with Crippen molar-refractivity contribution >= 4 is 11.6 Å². The maximum absolute atomic E-state index is 12.8. The van der Waals surface area contributed by atoms with Gasteiger partial charge in [-0.05, 0) is 42.0 Å². The summed E-state index contributed by atoms with van der Waals surface area (Å²) in [7, 11) is 1.68. The average Bonchev–Trinajstić information content (AvgIpc) is 2.81. The van der Waals surface area contributed by atoms with E-state index >= 15 is 0 Å². The van der Waals surface area contributed by atoms with Gasteiger partial charge in [0.05, 0.1) is 13.7 Å². The molecule has 7 heteroatoms. The van der Waals surface area contributed by atoms with Gasteiger partial charge in [0, 0.05) is 64.6 Å². The Kier molecular flexibility index (Phi) is 6.94. The molecule has 0 aromatic heterocycles. The summed E-state index contributed by atoms with van der Waals surface area (Å²) in [6.07, 6.45) is 0. The second-order valence-corrected chi connectivity index (χ2v) is 8.28. The van der Waals surface area contributed by atoms with Crippen molar-refractivity contribution in [3.05, 3.63) is 54.1 Å². The molecule has 2 aromatic carbocycles. The van der Waals surface area contributed by atoms with Crippen molar-refractivity contribution < 1.29 is 14.6 Å². The predicted octanol–water partition coefficient (Wildman–Crippen LogP) is 1.87. The highest BCUT2D eigenvalue weighted by Gasteiger charge is 2.25. The van der Waals surface area contributed by atoms with Crippen LogP contribution in [0.4, 0.5) is 5.69 Å². The highest BCUT2D eigenvalue weighted by atomic mass is 16.5. The summed E-state index contributed by atoms with van der Waals surface area (Å²) >= 11 is 0. The minimum absolute atomic E-state index is 0.238. The van der Waals surface area contributed by atoms with Gasteiger partial charge in [0.15, 0.2) is 0 Å². The minimum atomic E-state index is 0.238. The van der Waals surface area contributed by atoms with Crippen LogP contribution in [0.5, 0.6) is 11.5 Å². The quantitative estimate of drug-likeness (QED) is 0.764. The molecule has 2 aliphatic rings. The van der Waals surface area contributed by atoms with Crippen LogP contribution in [0, 0.1) is 0 Å². The Morgan fingerprint density at radius 3 is 2.06 bits per heavy atom. The van der Waals surface area contributed by atoms with E-state index in [-0.39, 0.29) is 11.7 Å². The third-order valence-electron chi connectivity index (χ3n) is 6.24. The first-order valence-corrected chi connectivity index (χ1v) is 11.0. The smallest absolute Gasteiger partial charge is 0.236 e.